The van der Waals surface area contributed by atoms with Crippen molar-refractivity contribution in [2.75, 3.05) is 5.32 Å². The topological polar surface area (TPSA) is 46.2 Å². The summed E-state index contributed by atoms with van der Waals surface area (Å²) in [7, 11) is 0. The van der Waals surface area contributed by atoms with Gasteiger partial charge >= 0.3 is 6.18 Å². The zero-order valence-corrected chi connectivity index (χ0v) is 13.0. The number of anilines is 1. The molecule has 0 heterocycles. The molecule has 2 saturated carbocycles. The van der Waals surface area contributed by atoms with E-state index in [4.69, 9.17) is 0 Å². The van der Waals surface area contributed by atoms with Crippen LogP contribution in [0.15, 0.2) is 24.3 Å². The van der Waals surface area contributed by atoms with Gasteiger partial charge in [0.15, 0.2) is 5.78 Å². The molecular weight excluding hydrogens is 307 g/mol. The van der Waals surface area contributed by atoms with Gasteiger partial charge in [0.1, 0.15) is 5.41 Å². The first-order valence-electron chi connectivity index (χ1n) is 7.61. The molecule has 1 amide bonds. The molecule has 124 valence electrons. The van der Waals surface area contributed by atoms with Crippen molar-refractivity contribution in [2.24, 2.45) is 16.7 Å². The lowest BCUT2D eigenvalue weighted by Gasteiger charge is -2.32. The van der Waals surface area contributed by atoms with E-state index < -0.39 is 28.5 Å². The molecule has 2 atom stereocenters. The van der Waals surface area contributed by atoms with Crippen LogP contribution in [0.1, 0.15) is 38.7 Å². The van der Waals surface area contributed by atoms with E-state index in [1.807, 2.05) is 13.8 Å². The van der Waals surface area contributed by atoms with Crippen LogP contribution < -0.4 is 5.32 Å². The highest BCUT2D eigenvalue weighted by Gasteiger charge is 2.65. The van der Waals surface area contributed by atoms with Gasteiger partial charge in [-0.05, 0) is 43.4 Å². The first-order valence-corrected chi connectivity index (χ1v) is 7.61. The Morgan fingerprint density at radius 3 is 2.57 bits per heavy atom. The Hall–Kier alpha value is -1.85. The van der Waals surface area contributed by atoms with Gasteiger partial charge in [-0.15, -0.1) is 0 Å². The third-order valence-electron chi connectivity index (χ3n) is 5.44. The Labute approximate surface area is 132 Å². The van der Waals surface area contributed by atoms with Crippen molar-refractivity contribution in [1.82, 2.24) is 0 Å². The number of alkyl halides is 3. The van der Waals surface area contributed by atoms with E-state index in [1.165, 1.54) is 12.1 Å². The van der Waals surface area contributed by atoms with E-state index in [1.54, 1.807) is 0 Å². The van der Waals surface area contributed by atoms with Crippen molar-refractivity contribution in [3.05, 3.63) is 29.8 Å². The number of amides is 1. The lowest BCUT2D eigenvalue weighted by atomic mass is 9.70. The second-order valence-electron chi connectivity index (χ2n) is 7.11. The van der Waals surface area contributed by atoms with Crippen LogP contribution in [0, 0.1) is 16.7 Å². The summed E-state index contributed by atoms with van der Waals surface area (Å²) in [5, 5.41) is 2.52. The minimum absolute atomic E-state index is 0.0696. The minimum Gasteiger partial charge on any atom is -0.325 e. The van der Waals surface area contributed by atoms with E-state index in [9.17, 15) is 22.8 Å². The van der Waals surface area contributed by atoms with Crippen molar-refractivity contribution >= 4 is 17.4 Å². The molecule has 0 saturated heterocycles. The largest absolute Gasteiger partial charge is 0.416 e. The number of rotatable bonds is 2. The minimum atomic E-state index is -4.47. The SMILES string of the molecule is CC1(C)C(=O)[C@@]2(C(=O)Nc3cccc(C(F)(F)F)c3)CC[C@@H]1C2. The molecule has 2 aliphatic carbocycles. The number of fused-ring (bicyclic) bond motifs is 2. The maximum Gasteiger partial charge on any atom is 0.416 e. The van der Waals surface area contributed by atoms with Gasteiger partial charge in [0, 0.05) is 11.1 Å². The summed E-state index contributed by atoms with van der Waals surface area (Å²) in [6.45, 7) is 3.69. The van der Waals surface area contributed by atoms with Crippen LogP contribution in [0.5, 0.6) is 0 Å². The molecule has 2 aliphatic rings. The number of carbonyl (C=O) groups excluding carboxylic acids is 2. The highest BCUT2D eigenvalue weighted by Crippen LogP contribution is 2.60. The van der Waals surface area contributed by atoms with Gasteiger partial charge in [0.25, 0.3) is 0 Å². The highest BCUT2D eigenvalue weighted by molar-refractivity contribution is 6.15. The second kappa shape index (κ2) is 4.82. The predicted molar refractivity (Wildman–Crippen MR) is 78.6 cm³/mol. The number of benzene rings is 1. The second-order valence-corrected chi connectivity index (χ2v) is 7.11. The van der Waals surface area contributed by atoms with E-state index in [2.05, 4.69) is 5.32 Å². The van der Waals surface area contributed by atoms with Crippen LogP contribution in [0.2, 0.25) is 0 Å². The standard InChI is InChI=1S/C17H18F3NO2/c1-15(2)11-6-7-16(9-11,13(15)22)14(23)21-12-5-3-4-10(8-12)17(18,19)20/h3-5,8,11H,6-7,9H2,1-2H3,(H,21,23)/t11-,16-/m1/s1. The maximum atomic E-state index is 12.8. The molecule has 2 bridgehead atoms. The van der Waals surface area contributed by atoms with E-state index in [-0.39, 0.29) is 17.4 Å². The molecule has 6 heteroatoms. The average Bonchev–Trinajstić information content (AvgIpc) is 2.99. The quantitative estimate of drug-likeness (QED) is 0.834. The van der Waals surface area contributed by atoms with Crippen LogP contribution >= 0.6 is 0 Å². The molecule has 3 rings (SSSR count). The Morgan fingerprint density at radius 1 is 1.30 bits per heavy atom. The summed E-state index contributed by atoms with van der Waals surface area (Å²) in [6.07, 6.45) is -2.70. The number of ketones is 1. The van der Waals surface area contributed by atoms with Crippen molar-refractivity contribution in [3.63, 3.8) is 0 Å². The first kappa shape index (κ1) is 16.0. The van der Waals surface area contributed by atoms with Gasteiger partial charge in [-0.1, -0.05) is 19.9 Å². The maximum absolute atomic E-state index is 12.8. The molecule has 3 nitrogen and oxygen atoms in total. The Morgan fingerprint density at radius 2 is 2.00 bits per heavy atom. The molecule has 2 fully saturated rings. The van der Waals surface area contributed by atoms with Crippen molar-refractivity contribution in [3.8, 4) is 0 Å². The van der Waals surface area contributed by atoms with Crippen molar-refractivity contribution < 1.29 is 22.8 Å². The van der Waals surface area contributed by atoms with E-state index in [0.29, 0.717) is 12.8 Å². The van der Waals surface area contributed by atoms with Crippen LogP contribution in [0.3, 0.4) is 0 Å². The third kappa shape index (κ3) is 2.35. The molecule has 1 aromatic carbocycles. The summed E-state index contributed by atoms with van der Waals surface area (Å²) in [6, 6.07) is 4.49. The molecule has 0 radical (unpaired) electrons. The van der Waals surface area contributed by atoms with Crippen LogP contribution in [-0.2, 0) is 15.8 Å². The van der Waals surface area contributed by atoms with Crippen LogP contribution in [0.4, 0.5) is 18.9 Å². The molecular formula is C17H18F3NO2. The van der Waals surface area contributed by atoms with Gasteiger partial charge in [-0.3, -0.25) is 9.59 Å². The average molecular weight is 325 g/mol. The molecule has 0 unspecified atom stereocenters. The summed E-state index contributed by atoms with van der Waals surface area (Å²) in [5.41, 5.74) is -2.37. The highest BCUT2D eigenvalue weighted by atomic mass is 19.4. The number of halogens is 3. The van der Waals surface area contributed by atoms with Crippen molar-refractivity contribution in [1.29, 1.82) is 0 Å². The zero-order chi connectivity index (χ0) is 17.0. The summed E-state index contributed by atoms with van der Waals surface area (Å²) >= 11 is 0. The van der Waals surface area contributed by atoms with Crippen LogP contribution in [-0.4, -0.2) is 11.7 Å². The number of Topliss-reactive ketones (excluding diaryl/α,β-unsaturated/α-hetero) is 1. The molecule has 1 N–H and O–H groups in total. The smallest absolute Gasteiger partial charge is 0.325 e. The molecule has 23 heavy (non-hydrogen) atoms. The van der Waals surface area contributed by atoms with Gasteiger partial charge in [-0.25, -0.2) is 0 Å². The number of carbonyl (C=O) groups is 2. The summed E-state index contributed by atoms with van der Waals surface area (Å²) in [5.74, 6) is -0.400. The number of hydrogen-bond acceptors (Lipinski definition) is 2. The Kier molecular flexibility index (Phi) is 3.36. The lowest BCUT2D eigenvalue weighted by Crippen LogP contribution is -2.44. The van der Waals surface area contributed by atoms with Crippen molar-refractivity contribution in [2.45, 2.75) is 39.3 Å². The van der Waals surface area contributed by atoms with Gasteiger partial charge < -0.3 is 5.32 Å². The van der Waals surface area contributed by atoms with Gasteiger partial charge in [-0.2, -0.15) is 13.2 Å². The zero-order valence-electron chi connectivity index (χ0n) is 13.0. The molecule has 0 aromatic heterocycles. The van der Waals surface area contributed by atoms with Gasteiger partial charge in [0.05, 0.1) is 5.56 Å². The monoisotopic (exact) mass is 325 g/mol. The fraction of sp³-hybridized carbons (Fsp3) is 0.529. The molecule has 0 aliphatic heterocycles. The van der Waals surface area contributed by atoms with E-state index >= 15 is 0 Å². The first-order chi connectivity index (χ1) is 10.6. The number of nitrogens with one attached hydrogen (secondary N) is 1. The van der Waals surface area contributed by atoms with Gasteiger partial charge in [0.2, 0.25) is 5.91 Å². The fourth-order valence-electron chi connectivity index (χ4n) is 4.00. The lowest BCUT2D eigenvalue weighted by molar-refractivity contribution is -0.143. The fourth-order valence-corrected chi connectivity index (χ4v) is 4.00. The normalized spacial score (nSPS) is 28.9. The molecule has 0 spiro atoms. The third-order valence-corrected chi connectivity index (χ3v) is 5.44. The number of hydrogen-bond donors (Lipinski definition) is 1. The summed E-state index contributed by atoms with van der Waals surface area (Å²) in [4.78, 5) is 25.3. The summed E-state index contributed by atoms with van der Waals surface area (Å²) < 4.78 is 38.3. The van der Waals surface area contributed by atoms with Crippen LogP contribution in [0.25, 0.3) is 0 Å². The Bertz CT molecular complexity index is 681. The van der Waals surface area contributed by atoms with E-state index in [0.717, 1.165) is 18.6 Å². The predicted octanol–water partition coefficient (Wildman–Crippen LogP) is 4.04. The molecule has 1 aromatic rings. The Balaban J connectivity index is 1.85.